The topological polar surface area (TPSA) is 56.8 Å². The molecule has 1 N–H and O–H groups in total. The van der Waals surface area contributed by atoms with Crippen LogP contribution in [0, 0.1) is 0 Å². The fourth-order valence-corrected chi connectivity index (χ4v) is 2.96. The number of amides is 1. The molecule has 0 aliphatic carbocycles. The van der Waals surface area contributed by atoms with Crippen LogP contribution in [0.25, 0.3) is 0 Å². The molecule has 0 radical (unpaired) electrons. The Bertz CT molecular complexity index is 658. The Hall–Kier alpha value is -2.34. The van der Waals surface area contributed by atoms with Gasteiger partial charge in [-0.15, -0.1) is 11.8 Å². The summed E-state index contributed by atoms with van der Waals surface area (Å²) in [5.41, 5.74) is 0. The molecule has 0 fully saturated rings. The lowest BCUT2D eigenvalue weighted by Gasteiger charge is -2.13. The average molecular weight is 361 g/mol. The Morgan fingerprint density at radius 3 is 2.04 bits per heavy atom. The second-order valence-corrected chi connectivity index (χ2v) is 6.66. The maximum absolute atomic E-state index is 12.1. The quantitative estimate of drug-likeness (QED) is 0.548. The number of methoxy groups -OCH3 is 2. The zero-order valence-electron chi connectivity index (χ0n) is 14.7. The van der Waals surface area contributed by atoms with Crippen LogP contribution in [-0.4, -0.2) is 38.5 Å². The molecule has 2 aromatic rings. The fourth-order valence-electron chi connectivity index (χ4n) is 2.07. The molecule has 2 rings (SSSR count). The smallest absolute Gasteiger partial charge is 0.233 e. The highest BCUT2D eigenvalue weighted by atomic mass is 32.2. The zero-order chi connectivity index (χ0) is 18.1. The van der Waals surface area contributed by atoms with Crippen LogP contribution in [0.5, 0.6) is 17.2 Å². The van der Waals surface area contributed by atoms with Crippen LogP contribution < -0.4 is 19.5 Å². The van der Waals surface area contributed by atoms with Gasteiger partial charge in [0.25, 0.3) is 0 Å². The Kier molecular flexibility index (Phi) is 7.47. The maximum atomic E-state index is 12.1. The highest BCUT2D eigenvalue weighted by Crippen LogP contribution is 2.25. The van der Waals surface area contributed by atoms with E-state index in [1.807, 2.05) is 55.5 Å². The Morgan fingerprint density at radius 2 is 1.48 bits per heavy atom. The predicted octanol–water partition coefficient (Wildman–Crippen LogP) is 3.38. The van der Waals surface area contributed by atoms with Gasteiger partial charge in [0.2, 0.25) is 5.91 Å². The van der Waals surface area contributed by atoms with Crippen molar-refractivity contribution in [1.82, 2.24) is 5.32 Å². The van der Waals surface area contributed by atoms with E-state index < -0.39 is 0 Å². The summed E-state index contributed by atoms with van der Waals surface area (Å²) >= 11 is 1.51. The number of thioether (sulfide) groups is 1. The molecule has 0 saturated carbocycles. The minimum atomic E-state index is -0.186. The number of ether oxygens (including phenoxy) is 3. The normalized spacial score (nSPS) is 11.5. The van der Waals surface area contributed by atoms with E-state index >= 15 is 0 Å². The molecule has 0 heterocycles. The molecule has 6 heteroatoms. The van der Waals surface area contributed by atoms with E-state index in [1.54, 1.807) is 14.2 Å². The molecule has 25 heavy (non-hydrogen) atoms. The third-order valence-electron chi connectivity index (χ3n) is 3.47. The van der Waals surface area contributed by atoms with Crippen molar-refractivity contribution < 1.29 is 19.0 Å². The average Bonchev–Trinajstić information content (AvgIpc) is 2.66. The van der Waals surface area contributed by atoms with Crippen molar-refractivity contribution in [3.05, 3.63) is 48.5 Å². The summed E-state index contributed by atoms with van der Waals surface area (Å²) in [6.07, 6.45) is 0. The Balaban J connectivity index is 1.69. The van der Waals surface area contributed by atoms with Crippen LogP contribution in [0.15, 0.2) is 53.4 Å². The summed E-state index contributed by atoms with van der Waals surface area (Å²) < 4.78 is 15.8. The summed E-state index contributed by atoms with van der Waals surface area (Å²) in [5.74, 6) is 2.32. The molecule has 134 valence electrons. The van der Waals surface area contributed by atoms with Gasteiger partial charge < -0.3 is 19.5 Å². The first-order chi connectivity index (χ1) is 12.1. The largest absolute Gasteiger partial charge is 0.497 e. The molecular formula is C19H23NO4S. The van der Waals surface area contributed by atoms with Crippen LogP contribution in [0.1, 0.15) is 6.92 Å². The van der Waals surface area contributed by atoms with E-state index in [4.69, 9.17) is 14.2 Å². The molecule has 5 nitrogen and oxygen atoms in total. The van der Waals surface area contributed by atoms with Crippen LogP contribution in [0.3, 0.4) is 0 Å². The summed E-state index contributed by atoms with van der Waals surface area (Å²) in [7, 11) is 3.25. The number of nitrogens with one attached hydrogen (secondary N) is 1. The molecule has 0 saturated heterocycles. The van der Waals surface area contributed by atoms with E-state index in [0.717, 1.165) is 22.1 Å². The van der Waals surface area contributed by atoms with Crippen LogP contribution in [0.2, 0.25) is 0 Å². The van der Waals surface area contributed by atoms with Crippen molar-refractivity contribution >= 4 is 17.7 Å². The van der Waals surface area contributed by atoms with Gasteiger partial charge in [0.05, 0.1) is 26.0 Å². The molecule has 0 aromatic heterocycles. The van der Waals surface area contributed by atoms with E-state index in [2.05, 4.69) is 5.32 Å². The number of rotatable bonds is 9. The molecule has 0 aliphatic heterocycles. The molecule has 1 atom stereocenters. The molecule has 2 aromatic carbocycles. The van der Waals surface area contributed by atoms with Crippen LogP contribution in [0.4, 0.5) is 0 Å². The van der Waals surface area contributed by atoms with Crippen molar-refractivity contribution in [3.8, 4) is 17.2 Å². The van der Waals surface area contributed by atoms with Crippen molar-refractivity contribution in [3.63, 3.8) is 0 Å². The number of hydrogen-bond donors (Lipinski definition) is 1. The molecule has 0 unspecified atom stereocenters. The van der Waals surface area contributed by atoms with Gasteiger partial charge in [-0.3, -0.25) is 4.79 Å². The second kappa shape index (κ2) is 9.84. The SMILES string of the molecule is COc1ccc(OCCNC(=O)[C@@H](C)Sc2ccc(OC)cc2)cc1. The summed E-state index contributed by atoms with van der Waals surface area (Å²) in [4.78, 5) is 13.2. The lowest BCUT2D eigenvalue weighted by Crippen LogP contribution is -2.33. The summed E-state index contributed by atoms with van der Waals surface area (Å²) in [5, 5.41) is 2.70. The minimum absolute atomic E-state index is 0.0147. The van der Waals surface area contributed by atoms with Crippen molar-refractivity contribution in [2.75, 3.05) is 27.4 Å². The monoisotopic (exact) mass is 361 g/mol. The molecule has 0 spiro atoms. The lowest BCUT2D eigenvalue weighted by molar-refractivity contribution is -0.120. The molecule has 0 bridgehead atoms. The Labute approximate surface area is 152 Å². The standard InChI is InChI=1S/C19H23NO4S/c1-14(25-18-10-8-16(23-3)9-11-18)19(21)20-12-13-24-17-6-4-15(22-2)5-7-17/h4-11,14H,12-13H2,1-3H3,(H,20,21)/t14-/m1/s1. The lowest BCUT2D eigenvalue weighted by atomic mass is 10.3. The van der Waals surface area contributed by atoms with Gasteiger partial charge in [-0.25, -0.2) is 0 Å². The van der Waals surface area contributed by atoms with Crippen molar-refractivity contribution in [1.29, 1.82) is 0 Å². The number of hydrogen-bond acceptors (Lipinski definition) is 5. The summed E-state index contributed by atoms with van der Waals surface area (Å²) in [6, 6.07) is 15.0. The Morgan fingerprint density at radius 1 is 0.960 bits per heavy atom. The molecule has 0 aliphatic rings. The van der Waals surface area contributed by atoms with Gasteiger partial charge >= 0.3 is 0 Å². The van der Waals surface area contributed by atoms with Gasteiger partial charge in [0.1, 0.15) is 23.9 Å². The third-order valence-corrected chi connectivity index (χ3v) is 4.58. The van der Waals surface area contributed by atoms with Crippen molar-refractivity contribution in [2.45, 2.75) is 17.1 Å². The summed E-state index contributed by atoms with van der Waals surface area (Å²) in [6.45, 7) is 2.75. The first-order valence-corrected chi connectivity index (χ1v) is 8.85. The maximum Gasteiger partial charge on any atom is 0.233 e. The second-order valence-electron chi connectivity index (χ2n) is 5.25. The molecular weight excluding hydrogens is 338 g/mol. The van der Waals surface area contributed by atoms with Crippen molar-refractivity contribution in [2.24, 2.45) is 0 Å². The highest BCUT2D eigenvalue weighted by molar-refractivity contribution is 8.00. The third kappa shape index (κ3) is 6.23. The van der Waals surface area contributed by atoms with Gasteiger partial charge in [-0.1, -0.05) is 0 Å². The van der Waals surface area contributed by atoms with Gasteiger partial charge in [-0.2, -0.15) is 0 Å². The number of carbonyl (C=O) groups is 1. The van der Waals surface area contributed by atoms with E-state index in [0.29, 0.717) is 13.2 Å². The number of benzene rings is 2. The van der Waals surface area contributed by atoms with Crippen LogP contribution >= 0.6 is 11.8 Å². The van der Waals surface area contributed by atoms with E-state index in [9.17, 15) is 4.79 Å². The molecule has 1 amide bonds. The first kappa shape index (κ1) is 19.0. The van der Waals surface area contributed by atoms with Gasteiger partial charge in [0.15, 0.2) is 0 Å². The van der Waals surface area contributed by atoms with Gasteiger partial charge in [-0.05, 0) is 55.5 Å². The van der Waals surface area contributed by atoms with Gasteiger partial charge in [0, 0.05) is 4.90 Å². The predicted molar refractivity (Wildman–Crippen MR) is 99.8 cm³/mol. The van der Waals surface area contributed by atoms with Crippen LogP contribution in [-0.2, 0) is 4.79 Å². The first-order valence-electron chi connectivity index (χ1n) is 7.97. The fraction of sp³-hybridized carbons (Fsp3) is 0.316. The van der Waals surface area contributed by atoms with E-state index in [-0.39, 0.29) is 11.2 Å². The van der Waals surface area contributed by atoms with E-state index in [1.165, 1.54) is 11.8 Å². The highest BCUT2D eigenvalue weighted by Gasteiger charge is 2.13. The minimum Gasteiger partial charge on any atom is -0.497 e. The zero-order valence-corrected chi connectivity index (χ0v) is 15.5. The number of carbonyl (C=O) groups excluding carboxylic acids is 1.